The normalized spacial score (nSPS) is 13.4. The number of carbonyl (C=O) groups excluding carboxylic acids is 1. The van der Waals surface area contributed by atoms with Gasteiger partial charge in [-0.15, -0.1) is 0 Å². The summed E-state index contributed by atoms with van der Waals surface area (Å²) in [6.45, 7) is 0.370. The summed E-state index contributed by atoms with van der Waals surface area (Å²) in [5, 5.41) is 28.9. The van der Waals surface area contributed by atoms with Crippen molar-refractivity contribution in [3.8, 4) is 23.3 Å². The second-order valence-corrected chi connectivity index (χ2v) is 5.23. The number of hydrogen-bond acceptors (Lipinski definition) is 6. The molecule has 0 spiro atoms. The highest BCUT2D eigenvalue weighted by Gasteiger charge is 2.30. The lowest BCUT2D eigenvalue weighted by Gasteiger charge is -2.31. The molecule has 0 fully saturated rings. The van der Waals surface area contributed by atoms with Crippen LogP contribution >= 0.6 is 0 Å². The van der Waals surface area contributed by atoms with Gasteiger partial charge in [0.2, 0.25) is 0 Å². The van der Waals surface area contributed by atoms with Crippen molar-refractivity contribution in [3.63, 3.8) is 0 Å². The van der Waals surface area contributed by atoms with Crippen LogP contribution in [0.1, 0.15) is 21.5 Å². The Morgan fingerprint density at radius 3 is 2.52 bits per heavy atom. The average Bonchev–Trinajstić information content (AvgIpc) is 2.55. The molecule has 0 saturated heterocycles. The third kappa shape index (κ3) is 2.42. The van der Waals surface area contributed by atoms with Crippen LogP contribution in [0.4, 0.5) is 5.69 Å². The van der Waals surface area contributed by atoms with Gasteiger partial charge in [-0.3, -0.25) is 4.79 Å². The summed E-state index contributed by atoms with van der Waals surface area (Å²) in [5.41, 5.74) is 1.53. The topological polar surface area (TPSA) is 93.8 Å². The highest BCUT2D eigenvalue weighted by atomic mass is 16.5. The van der Waals surface area contributed by atoms with Gasteiger partial charge in [0.15, 0.2) is 5.78 Å². The molecule has 6 nitrogen and oxygen atoms in total. The largest absolute Gasteiger partial charge is 0.508 e. The van der Waals surface area contributed by atoms with Crippen molar-refractivity contribution < 1.29 is 19.7 Å². The van der Waals surface area contributed by atoms with E-state index in [0.717, 1.165) is 5.69 Å². The number of phenols is 2. The van der Waals surface area contributed by atoms with Gasteiger partial charge in [0, 0.05) is 29.4 Å². The predicted molar refractivity (Wildman–Crippen MR) is 82.9 cm³/mol. The summed E-state index contributed by atoms with van der Waals surface area (Å²) < 4.78 is 5.08. The summed E-state index contributed by atoms with van der Waals surface area (Å²) in [5.74, 6) is -0.00947. The van der Waals surface area contributed by atoms with E-state index in [4.69, 9.17) is 4.74 Å². The maximum absolute atomic E-state index is 12.5. The van der Waals surface area contributed by atoms with Crippen molar-refractivity contribution in [2.75, 3.05) is 18.6 Å². The van der Waals surface area contributed by atoms with Gasteiger partial charge in [-0.25, -0.2) is 0 Å². The first-order valence-corrected chi connectivity index (χ1v) is 6.95. The van der Waals surface area contributed by atoms with Crippen molar-refractivity contribution in [2.24, 2.45) is 0 Å². The van der Waals surface area contributed by atoms with E-state index >= 15 is 0 Å². The molecule has 1 aliphatic heterocycles. The number of anilines is 1. The van der Waals surface area contributed by atoms with E-state index in [1.807, 2.05) is 6.07 Å². The quantitative estimate of drug-likeness (QED) is 0.883. The number of phenolic OH excluding ortho intramolecular Hbond substituents is 2. The summed E-state index contributed by atoms with van der Waals surface area (Å²) in [6.07, 6.45) is 0. The minimum Gasteiger partial charge on any atom is -0.508 e. The molecule has 0 radical (unpaired) electrons. The second kappa shape index (κ2) is 5.54. The Kier molecular flexibility index (Phi) is 3.54. The Morgan fingerprint density at radius 1 is 1.22 bits per heavy atom. The highest BCUT2D eigenvalue weighted by Crippen LogP contribution is 2.37. The third-order valence-corrected chi connectivity index (χ3v) is 3.88. The molecule has 0 unspecified atom stereocenters. The number of nitriles is 1. The SMILES string of the molecule is COc1cc(O)c2c(c1C#N)C(=O)CN(c1ccc(O)cc1)C2. The zero-order valence-corrected chi connectivity index (χ0v) is 12.4. The van der Waals surface area contributed by atoms with Gasteiger partial charge in [-0.2, -0.15) is 5.26 Å². The Bertz CT molecular complexity index is 822. The van der Waals surface area contributed by atoms with E-state index in [0.29, 0.717) is 5.56 Å². The van der Waals surface area contributed by atoms with E-state index in [1.54, 1.807) is 17.0 Å². The van der Waals surface area contributed by atoms with Gasteiger partial charge in [0.1, 0.15) is 28.9 Å². The number of aromatic hydroxyl groups is 2. The van der Waals surface area contributed by atoms with Gasteiger partial charge < -0.3 is 19.8 Å². The minimum atomic E-state index is -0.259. The van der Waals surface area contributed by atoms with Crippen LogP contribution in [0.3, 0.4) is 0 Å². The number of ether oxygens (including phenoxy) is 1. The minimum absolute atomic E-state index is 0.0762. The van der Waals surface area contributed by atoms with Gasteiger partial charge in [-0.05, 0) is 24.3 Å². The molecule has 0 aromatic heterocycles. The lowest BCUT2D eigenvalue weighted by Crippen LogP contribution is -2.35. The highest BCUT2D eigenvalue weighted by molar-refractivity contribution is 6.05. The molecule has 116 valence electrons. The van der Waals surface area contributed by atoms with Crippen molar-refractivity contribution in [2.45, 2.75) is 6.54 Å². The Balaban J connectivity index is 2.09. The van der Waals surface area contributed by atoms with Crippen molar-refractivity contribution in [1.82, 2.24) is 0 Å². The van der Waals surface area contributed by atoms with Crippen LogP contribution in [0.2, 0.25) is 0 Å². The Hall–Kier alpha value is -3.20. The molecular formula is C17H14N2O4. The number of fused-ring (bicyclic) bond motifs is 1. The molecule has 3 rings (SSSR count). The third-order valence-electron chi connectivity index (χ3n) is 3.88. The number of methoxy groups -OCH3 is 1. The fraction of sp³-hybridized carbons (Fsp3) is 0.176. The summed E-state index contributed by atoms with van der Waals surface area (Å²) >= 11 is 0. The van der Waals surface area contributed by atoms with Gasteiger partial charge in [-0.1, -0.05) is 0 Å². The summed E-state index contributed by atoms with van der Waals surface area (Å²) in [7, 11) is 1.39. The molecule has 2 aromatic rings. The Labute approximate surface area is 132 Å². The first kappa shape index (κ1) is 14.7. The number of nitrogens with zero attached hydrogens (tertiary/aromatic N) is 2. The van der Waals surface area contributed by atoms with Crippen LogP contribution in [0.15, 0.2) is 30.3 Å². The molecule has 0 atom stereocenters. The van der Waals surface area contributed by atoms with Crippen LogP contribution in [-0.4, -0.2) is 29.7 Å². The lowest BCUT2D eigenvalue weighted by atomic mass is 9.92. The maximum atomic E-state index is 12.5. The molecule has 23 heavy (non-hydrogen) atoms. The smallest absolute Gasteiger partial charge is 0.184 e. The molecule has 0 saturated carbocycles. The maximum Gasteiger partial charge on any atom is 0.184 e. The van der Waals surface area contributed by atoms with Crippen LogP contribution < -0.4 is 9.64 Å². The van der Waals surface area contributed by atoms with E-state index in [-0.39, 0.29) is 47.2 Å². The van der Waals surface area contributed by atoms with Gasteiger partial charge in [0.25, 0.3) is 0 Å². The first-order chi connectivity index (χ1) is 11.0. The van der Waals surface area contributed by atoms with Crippen molar-refractivity contribution >= 4 is 11.5 Å². The molecule has 6 heteroatoms. The van der Waals surface area contributed by atoms with E-state index in [2.05, 4.69) is 0 Å². The summed E-state index contributed by atoms with van der Waals surface area (Å²) in [4.78, 5) is 14.3. The Morgan fingerprint density at radius 2 is 1.91 bits per heavy atom. The second-order valence-electron chi connectivity index (χ2n) is 5.23. The standard InChI is InChI=1S/C17H14N2O4/c1-23-16-6-14(21)13-8-19(10-2-4-11(20)5-3-10)9-15(22)17(13)12(16)7-18/h2-6,20-21H,8-9H2,1H3. The number of ketones is 1. The number of benzene rings is 2. The predicted octanol–water partition coefficient (Wildman–Crippen LogP) is 2.18. The molecule has 1 aliphatic rings. The molecule has 0 bridgehead atoms. The van der Waals surface area contributed by atoms with E-state index < -0.39 is 0 Å². The van der Waals surface area contributed by atoms with Crippen LogP contribution in [-0.2, 0) is 6.54 Å². The number of hydrogen-bond donors (Lipinski definition) is 2. The molecule has 2 N–H and O–H groups in total. The van der Waals surface area contributed by atoms with Crippen molar-refractivity contribution in [1.29, 1.82) is 5.26 Å². The molecule has 0 aliphatic carbocycles. The van der Waals surface area contributed by atoms with Gasteiger partial charge in [0.05, 0.1) is 13.7 Å². The zero-order chi connectivity index (χ0) is 16.6. The molecule has 0 amide bonds. The first-order valence-electron chi connectivity index (χ1n) is 6.95. The lowest BCUT2D eigenvalue weighted by molar-refractivity contribution is 0.0990. The fourth-order valence-corrected chi connectivity index (χ4v) is 2.77. The van der Waals surface area contributed by atoms with Crippen LogP contribution in [0, 0.1) is 11.3 Å². The molecule has 1 heterocycles. The van der Waals surface area contributed by atoms with Crippen molar-refractivity contribution in [3.05, 3.63) is 47.0 Å². The van der Waals surface area contributed by atoms with E-state index in [1.165, 1.54) is 25.3 Å². The zero-order valence-electron chi connectivity index (χ0n) is 12.4. The van der Waals surface area contributed by atoms with Crippen LogP contribution in [0.25, 0.3) is 0 Å². The van der Waals surface area contributed by atoms with Gasteiger partial charge >= 0.3 is 0 Å². The van der Waals surface area contributed by atoms with Crippen LogP contribution in [0.5, 0.6) is 17.2 Å². The monoisotopic (exact) mass is 310 g/mol. The molecule has 2 aromatic carbocycles. The number of carbonyl (C=O) groups is 1. The number of Topliss-reactive ketones (excluding diaryl/α,β-unsaturated/α-hetero) is 1. The molecular weight excluding hydrogens is 296 g/mol. The number of rotatable bonds is 2. The fourth-order valence-electron chi connectivity index (χ4n) is 2.77. The average molecular weight is 310 g/mol. The van der Waals surface area contributed by atoms with E-state index in [9.17, 15) is 20.3 Å². The summed E-state index contributed by atoms with van der Waals surface area (Å²) in [6, 6.07) is 9.79.